The van der Waals surface area contributed by atoms with Crippen molar-refractivity contribution in [1.82, 2.24) is 4.98 Å². The summed E-state index contributed by atoms with van der Waals surface area (Å²) in [6.45, 7) is 3.97. The number of H-pyrrole nitrogens is 1. The first kappa shape index (κ1) is 16.6. The Bertz CT molecular complexity index is 965. The Morgan fingerprint density at radius 3 is 2.79 bits per heavy atom. The molecular formula is C17H15BrN4OS. The number of benzene rings is 2. The molecule has 7 heteroatoms. The van der Waals surface area contributed by atoms with Crippen molar-refractivity contribution in [3.8, 4) is 5.88 Å². The van der Waals surface area contributed by atoms with Gasteiger partial charge in [0.2, 0.25) is 11.0 Å². The fourth-order valence-electron chi connectivity index (χ4n) is 2.36. The minimum Gasteiger partial charge on any atom is -0.493 e. The first-order valence-electron chi connectivity index (χ1n) is 7.24. The van der Waals surface area contributed by atoms with E-state index in [0.29, 0.717) is 5.69 Å². The lowest BCUT2D eigenvalue weighted by Gasteiger charge is -2.03. The summed E-state index contributed by atoms with van der Waals surface area (Å²) in [5.74, 6) is -0.0374. The number of nitrogens with zero attached hydrogens (tertiary/aromatic N) is 2. The van der Waals surface area contributed by atoms with Gasteiger partial charge in [0.1, 0.15) is 0 Å². The number of hydrogen-bond acceptors (Lipinski definition) is 3. The normalized spacial score (nSPS) is 11.3. The van der Waals surface area contributed by atoms with E-state index < -0.39 is 0 Å². The number of rotatable bonds is 2. The van der Waals surface area contributed by atoms with Crippen LogP contribution in [0.4, 0.5) is 11.4 Å². The molecule has 24 heavy (non-hydrogen) atoms. The molecule has 0 saturated heterocycles. The third-order valence-corrected chi connectivity index (χ3v) is 4.58. The molecule has 0 fully saturated rings. The van der Waals surface area contributed by atoms with Gasteiger partial charge in [0.25, 0.3) is 0 Å². The van der Waals surface area contributed by atoms with Gasteiger partial charge in [0.15, 0.2) is 5.69 Å². The minimum absolute atomic E-state index is 0.0374. The fourth-order valence-corrected chi connectivity index (χ4v) is 2.87. The molecule has 1 aromatic heterocycles. The van der Waals surface area contributed by atoms with E-state index in [2.05, 4.69) is 36.5 Å². The smallest absolute Gasteiger partial charge is 0.218 e. The molecule has 3 N–H and O–H groups in total. The van der Waals surface area contributed by atoms with Crippen LogP contribution in [0.15, 0.2) is 51.1 Å². The van der Waals surface area contributed by atoms with Crippen LogP contribution in [0.25, 0.3) is 10.9 Å². The lowest BCUT2D eigenvalue weighted by molar-refractivity contribution is 0.459. The summed E-state index contributed by atoms with van der Waals surface area (Å²) >= 11 is 8.66. The molecule has 0 saturated carbocycles. The fraction of sp³-hybridized carbons (Fsp3) is 0.118. The summed E-state index contributed by atoms with van der Waals surface area (Å²) in [6.07, 6.45) is 0. The maximum atomic E-state index is 10.1. The Morgan fingerprint density at radius 1 is 1.25 bits per heavy atom. The maximum absolute atomic E-state index is 10.1. The van der Waals surface area contributed by atoms with Crippen molar-refractivity contribution in [3.05, 3.63) is 52.0 Å². The van der Waals surface area contributed by atoms with Gasteiger partial charge in [-0.05, 0) is 61.5 Å². The van der Waals surface area contributed by atoms with Gasteiger partial charge in [0, 0.05) is 15.5 Å². The minimum atomic E-state index is -0.0374. The molecule has 0 bridgehead atoms. The van der Waals surface area contributed by atoms with Crippen molar-refractivity contribution < 1.29 is 5.11 Å². The molecule has 122 valence electrons. The van der Waals surface area contributed by atoms with E-state index in [1.165, 1.54) is 0 Å². The lowest BCUT2D eigenvalue weighted by atomic mass is 10.1. The average molecular weight is 403 g/mol. The maximum Gasteiger partial charge on any atom is 0.218 e. The van der Waals surface area contributed by atoms with Gasteiger partial charge in [-0.1, -0.05) is 28.1 Å². The molecule has 0 aliphatic rings. The number of anilines is 1. The molecule has 2 aromatic carbocycles. The van der Waals surface area contributed by atoms with Crippen molar-refractivity contribution in [1.29, 1.82) is 0 Å². The molecule has 0 aliphatic heterocycles. The zero-order valence-corrected chi connectivity index (χ0v) is 15.5. The van der Waals surface area contributed by atoms with Crippen LogP contribution in [0, 0.1) is 13.8 Å². The summed E-state index contributed by atoms with van der Waals surface area (Å²) < 4.78 is 0.955. The quantitative estimate of drug-likeness (QED) is 0.378. The topological polar surface area (TPSA) is 72.8 Å². The molecule has 1 heterocycles. The van der Waals surface area contributed by atoms with Crippen LogP contribution in [0.2, 0.25) is 0 Å². The van der Waals surface area contributed by atoms with Gasteiger partial charge in [-0.2, -0.15) is 0 Å². The van der Waals surface area contributed by atoms with Gasteiger partial charge in [-0.25, -0.2) is 0 Å². The predicted octanol–water partition coefficient (Wildman–Crippen LogP) is 5.73. The second-order valence-electron chi connectivity index (χ2n) is 5.47. The average Bonchev–Trinajstić information content (AvgIpc) is 2.80. The Morgan fingerprint density at radius 2 is 2.04 bits per heavy atom. The van der Waals surface area contributed by atoms with Crippen molar-refractivity contribution >= 4 is 55.5 Å². The molecule has 0 amide bonds. The molecule has 0 unspecified atom stereocenters. The monoisotopic (exact) mass is 402 g/mol. The molecule has 3 rings (SSSR count). The Hall–Kier alpha value is -2.25. The van der Waals surface area contributed by atoms with E-state index >= 15 is 0 Å². The number of halogens is 1. The highest BCUT2D eigenvalue weighted by Gasteiger charge is 2.12. The Balaban J connectivity index is 1.86. The SMILES string of the molecule is Cc1cccc(NC(=S)N=Nc2c(O)[nH]c3cc(Br)c(C)cc23)c1. The highest BCUT2D eigenvalue weighted by atomic mass is 79.9. The largest absolute Gasteiger partial charge is 0.493 e. The third-order valence-electron chi connectivity index (χ3n) is 3.54. The predicted molar refractivity (Wildman–Crippen MR) is 104 cm³/mol. The molecular weight excluding hydrogens is 388 g/mol. The third kappa shape index (κ3) is 3.47. The van der Waals surface area contributed by atoms with E-state index in [0.717, 1.165) is 32.2 Å². The number of hydrogen-bond donors (Lipinski definition) is 3. The Kier molecular flexibility index (Phi) is 4.64. The highest BCUT2D eigenvalue weighted by molar-refractivity contribution is 9.10. The van der Waals surface area contributed by atoms with Gasteiger partial charge >= 0.3 is 0 Å². The van der Waals surface area contributed by atoms with E-state index in [1.54, 1.807) is 0 Å². The zero-order valence-electron chi connectivity index (χ0n) is 13.1. The van der Waals surface area contributed by atoms with Crippen LogP contribution in [0.5, 0.6) is 5.88 Å². The standard InChI is InChI=1S/C17H15BrN4OS/c1-9-4-3-5-11(6-9)19-17(24)22-21-15-12-7-10(2)13(18)8-14(12)20-16(15)23/h3-8,20,23H,1-2H3,(H,19,24). The number of azo groups is 1. The molecule has 0 spiro atoms. The number of fused-ring (bicyclic) bond motifs is 1. The van der Waals surface area contributed by atoms with Crippen molar-refractivity contribution in [2.75, 3.05) is 5.32 Å². The van der Waals surface area contributed by atoms with Gasteiger partial charge in [0.05, 0.1) is 5.52 Å². The first-order chi connectivity index (χ1) is 11.4. The van der Waals surface area contributed by atoms with Crippen LogP contribution in [0.3, 0.4) is 0 Å². The second-order valence-corrected chi connectivity index (χ2v) is 6.71. The summed E-state index contributed by atoms with van der Waals surface area (Å²) in [5, 5.41) is 22.2. The number of thiocarbonyl (C=S) groups is 1. The van der Waals surface area contributed by atoms with Gasteiger partial charge in [-0.3, -0.25) is 0 Å². The van der Waals surface area contributed by atoms with E-state index in [4.69, 9.17) is 12.2 Å². The van der Waals surface area contributed by atoms with E-state index in [9.17, 15) is 5.11 Å². The van der Waals surface area contributed by atoms with E-state index in [1.807, 2.05) is 50.2 Å². The molecule has 3 aromatic rings. The number of nitrogens with one attached hydrogen (secondary N) is 2. The van der Waals surface area contributed by atoms with Gasteiger partial charge < -0.3 is 15.4 Å². The van der Waals surface area contributed by atoms with Crippen molar-refractivity contribution in [2.45, 2.75) is 13.8 Å². The van der Waals surface area contributed by atoms with Crippen molar-refractivity contribution in [3.63, 3.8) is 0 Å². The van der Waals surface area contributed by atoms with Crippen LogP contribution < -0.4 is 5.32 Å². The second kappa shape index (κ2) is 6.70. The molecule has 0 aliphatic carbocycles. The van der Waals surface area contributed by atoms with Gasteiger partial charge in [-0.15, -0.1) is 10.2 Å². The molecule has 0 atom stereocenters. The van der Waals surface area contributed by atoms with Crippen LogP contribution in [-0.2, 0) is 0 Å². The number of aromatic amines is 1. The summed E-state index contributed by atoms with van der Waals surface area (Å²) in [7, 11) is 0. The lowest BCUT2D eigenvalue weighted by Crippen LogP contribution is -2.04. The number of aromatic nitrogens is 1. The highest BCUT2D eigenvalue weighted by Crippen LogP contribution is 2.37. The first-order valence-corrected chi connectivity index (χ1v) is 8.44. The van der Waals surface area contributed by atoms with Crippen molar-refractivity contribution in [2.24, 2.45) is 10.2 Å². The summed E-state index contributed by atoms with van der Waals surface area (Å²) in [6, 6.07) is 11.6. The van der Waals surface area contributed by atoms with Crippen LogP contribution in [0.1, 0.15) is 11.1 Å². The summed E-state index contributed by atoms with van der Waals surface area (Å²) in [4.78, 5) is 2.88. The molecule has 0 radical (unpaired) electrons. The number of aryl methyl sites for hydroxylation is 2. The van der Waals surface area contributed by atoms with E-state index in [-0.39, 0.29) is 11.0 Å². The summed E-state index contributed by atoms with van der Waals surface area (Å²) in [5.41, 5.74) is 4.15. The molecule has 5 nitrogen and oxygen atoms in total. The van der Waals surface area contributed by atoms with Crippen LogP contribution >= 0.6 is 28.1 Å². The van der Waals surface area contributed by atoms with Crippen LogP contribution in [-0.4, -0.2) is 15.2 Å². The Labute approximate surface area is 152 Å². The zero-order chi connectivity index (χ0) is 17.3. The number of aromatic hydroxyl groups is 1.